The van der Waals surface area contributed by atoms with Gasteiger partial charge in [0.05, 0.1) is 17.8 Å². The maximum absolute atomic E-state index is 14.7. The van der Waals surface area contributed by atoms with Crippen molar-refractivity contribution in [2.75, 3.05) is 0 Å². The molecule has 3 heterocycles. The van der Waals surface area contributed by atoms with E-state index in [0.29, 0.717) is 24.2 Å². The summed E-state index contributed by atoms with van der Waals surface area (Å²) in [6.07, 6.45) is 5.69. The predicted octanol–water partition coefficient (Wildman–Crippen LogP) is 6.66. The summed E-state index contributed by atoms with van der Waals surface area (Å²) in [5, 5.41) is 0. The number of nitrogens with zero attached hydrogens (tertiary/aromatic N) is 3. The number of amides is 1. The molecule has 38 heavy (non-hydrogen) atoms. The fourth-order valence-corrected chi connectivity index (χ4v) is 5.63. The quantitative estimate of drug-likeness (QED) is 0.201. The van der Waals surface area contributed by atoms with E-state index >= 15 is 0 Å². The molecule has 0 bridgehead atoms. The van der Waals surface area contributed by atoms with Crippen LogP contribution in [0.3, 0.4) is 0 Å². The Morgan fingerprint density at radius 2 is 1.66 bits per heavy atom. The second-order valence-corrected chi connectivity index (χ2v) is 9.89. The van der Waals surface area contributed by atoms with Crippen molar-refractivity contribution in [1.82, 2.24) is 14.0 Å². The van der Waals surface area contributed by atoms with Crippen LogP contribution < -0.4 is 4.48 Å². The minimum atomic E-state index is 0.0194. The molecule has 1 aliphatic rings. The van der Waals surface area contributed by atoms with Gasteiger partial charge in [0.25, 0.3) is 0 Å². The molecule has 1 atom stereocenters. The lowest BCUT2D eigenvalue weighted by Crippen LogP contribution is -2.53. The second-order valence-electron chi connectivity index (χ2n) is 9.89. The molecule has 5 heteroatoms. The zero-order chi connectivity index (χ0) is 26.1. The highest BCUT2D eigenvalue weighted by Gasteiger charge is 2.44. The molecule has 0 fully saturated rings. The summed E-state index contributed by atoms with van der Waals surface area (Å²) in [4.78, 5) is 31.2. The van der Waals surface area contributed by atoms with E-state index in [2.05, 4.69) is 33.9 Å². The molecule has 0 radical (unpaired) electrons. The predicted molar refractivity (Wildman–Crippen MR) is 150 cm³/mol. The summed E-state index contributed by atoms with van der Waals surface area (Å²) >= 11 is 0. The molecule has 0 saturated carbocycles. The molecular formula is C33H28N3O2+. The van der Waals surface area contributed by atoms with Crippen molar-refractivity contribution in [2.45, 2.75) is 26.6 Å². The molecule has 3 aromatic carbocycles. The first kappa shape index (κ1) is 23.8. The summed E-state index contributed by atoms with van der Waals surface area (Å²) in [5.41, 5.74) is 7.35. The lowest BCUT2D eigenvalue weighted by molar-refractivity contribution is 0.0736. The topological polar surface area (TPSA) is 52.0 Å². The number of carbonyl (C=O) groups excluding carboxylic acids is 2. The van der Waals surface area contributed by atoms with E-state index in [4.69, 9.17) is 0 Å². The third-order valence-corrected chi connectivity index (χ3v) is 7.46. The Kier molecular flexibility index (Phi) is 6.06. The van der Waals surface area contributed by atoms with Gasteiger partial charge in [0.1, 0.15) is 18.8 Å². The van der Waals surface area contributed by atoms with Gasteiger partial charge in [0.15, 0.2) is 5.78 Å². The Hall–Kier alpha value is -4.61. The smallest absolute Gasteiger partial charge is 0.342 e. The summed E-state index contributed by atoms with van der Waals surface area (Å²) in [6.45, 7) is 3.33. The van der Waals surface area contributed by atoms with Crippen LogP contribution in [0.2, 0.25) is 0 Å². The number of benzene rings is 3. The molecule has 0 spiro atoms. The van der Waals surface area contributed by atoms with E-state index in [1.165, 1.54) is 0 Å². The maximum atomic E-state index is 14.7. The summed E-state index contributed by atoms with van der Waals surface area (Å²) in [7, 11) is 0. The van der Waals surface area contributed by atoms with Crippen LogP contribution in [0.1, 0.15) is 44.5 Å². The van der Waals surface area contributed by atoms with Gasteiger partial charge >= 0.3 is 5.91 Å². The number of aromatic nitrogens is 2. The number of fused-ring (bicyclic) bond motifs is 2. The third-order valence-electron chi connectivity index (χ3n) is 7.46. The van der Waals surface area contributed by atoms with Crippen LogP contribution in [0.15, 0.2) is 116 Å². The van der Waals surface area contributed by atoms with E-state index < -0.39 is 0 Å². The van der Waals surface area contributed by atoms with Crippen molar-refractivity contribution in [1.29, 1.82) is 0 Å². The van der Waals surface area contributed by atoms with E-state index in [0.717, 1.165) is 40.2 Å². The average Bonchev–Trinajstić information content (AvgIpc) is 3.34. The van der Waals surface area contributed by atoms with Crippen molar-refractivity contribution >= 4 is 17.4 Å². The van der Waals surface area contributed by atoms with Crippen LogP contribution in [0.4, 0.5) is 5.69 Å². The fourth-order valence-electron chi connectivity index (χ4n) is 5.63. The zero-order valence-corrected chi connectivity index (χ0v) is 21.2. The van der Waals surface area contributed by atoms with Crippen LogP contribution in [0, 0.1) is 0 Å². The lowest BCUT2D eigenvalue weighted by atomic mass is 9.96. The van der Waals surface area contributed by atoms with Gasteiger partial charge in [-0.05, 0) is 48.4 Å². The largest absolute Gasteiger partial charge is 0.351 e. The molecule has 186 valence electrons. The highest BCUT2D eigenvalue weighted by Crippen LogP contribution is 2.38. The first-order valence-corrected chi connectivity index (χ1v) is 12.8. The average molecular weight is 499 g/mol. The molecule has 6 rings (SSSR count). The highest BCUT2D eigenvalue weighted by atomic mass is 16.2. The Bertz CT molecular complexity index is 1640. The van der Waals surface area contributed by atoms with Crippen molar-refractivity contribution < 1.29 is 9.59 Å². The SMILES string of the molecule is CC(=O)c1ccccc1-c1ccc(C(=O)[N+]2(Cc3cccnc3)Cc3cccn3Cc3ccccc32)cc1. The molecule has 1 aliphatic heterocycles. The molecule has 1 unspecified atom stereocenters. The normalized spacial score (nSPS) is 16.2. The molecule has 2 aromatic heterocycles. The van der Waals surface area contributed by atoms with Gasteiger partial charge in [-0.25, -0.2) is 9.28 Å². The van der Waals surface area contributed by atoms with E-state index in [9.17, 15) is 9.59 Å². The van der Waals surface area contributed by atoms with Crippen molar-refractivity contribution in [3.05, 3.63) is 144 Å². The molecule has 5 aromatic rings. The van der Waals surface area contributed by atoms with Gasteiger partial charge in [-0.2, -0.15) is 0 Å². The number of Topliss-reactive ketones (excluding diaryl/α,β-unsaturated/α-hetero) is 1. The molecule has 0 saturated heterocycles. The van der Waals surface area contributed by atoms with Gasteiger partial charge in [-0.3, -0.25) is 9.78 Å². The first-order chi connectivity index (χ1) is 18.5. The molecule has 0 aliphatic carbocycles. The number of carbonyl (C=O) groups is 2. The molecule has 1 amide bonds. The van der Waals surface area contributed by atoms with Gasteiger partial charge < -0.3 is 4.57 Å². The second kappa shape index (κ2) is 9.69. The van der Waals surface area contributed by atoms with Crippen molar-refractivity contribution in [3.63, 3.8) is 0 Å². The summed E-state index contributed by atoms with van der Waals surface area (Å²) in [5.74, 6) is 0.0493. The van der Waals surface area contributed by atoms with Gasteiger partial charge in [-0.15, -0.1) is 0 Å². The Morgan fingerprint density at radius 1 is 0.868 bits per heavy atom. The number of hydrogen-bond acceptors (Lipinski definition) is 3. The van der Waals surface area contributed by atoms with Crippen LogP contribution in [0.25, 0.3) is 11.1 Å². The number of quaternary nitrogens is 1. The third kappa shape index (κ3) is 4.17. The van der Waals surface area contributed by atoms with Gasteiger partial charge in [-0.1, -0.05) is 60.7 Å². The number of rotatable bonds is 5. The molecule has 5 nitrogen and oxygen atoms in total. The molecule has 0 N–H and O–H groups in total. The van der Waals surface area contributed by atoms with Gasteiger partial charge in [0, 0.05) is 41.3 Å². The monoisotopic (exact) mass is 498 g/mol. The number of hydrogen-bond donors (Lipinski definition) is 0. The summed E-state index contributed by atoms with van der Waals surface area (Å²) < 4.78 is 2.37. The van der Waals surface area contributed by atoms with E-state index in [1.807, 2.05) is 85.1 Å². The number of pyridine rings is 1. The Balaban J connectivity index is 1.49. The fraction of sp³-hybridized carbons (Fsp3) is 0.121. The van der Waals surface area contributed by atoms with Crippen LogP contribution in [0.5, 0.6) is 0 Å². The first-order valence-electron chi connectivity index (χ1n) is 12.8. The highest BCUT2D eigenvalue weighted by molar-refractivity contribution is 6.04. The minimum Gasteiger partial charge on any atom is -0.342 e. The number of ketones is 1. The van der Waals surface area contributed by atoms with E-state index in [1.54, 1.807) is 13.1 Å². The number of para-hydroxylation sites is 1. The van der Waals surface area contributed by atoms with Crippen LogP contribution in [-0.2, 0) is 19.6 Å². The van der Waals surface area contributed by atoms with Crippen LogP contribution in [-0.4, -0.2) is 21.2 Å². The lowest BCUT2D eigenvalue weighted by Gasteiger charge is -2.35. The summed E-state index contributed by atoms with van der Waals surface area (Å²) in [6, 6.07) is 31.7. The van der Waals surface area contributed by atoms with E-state index in [-0.39, 0.29) is 16.2 Å². The Morgan fingerprint density at radius 3 is 2.45 bits per heavy atom. The molecular weight excluding hydrogens is 470 g/mol. The van der Waals surface area contributed by atoms with Crippen molar-refractivity contribution in [2.24, 2.45) is 0 Å². The van der Waals surface area contributed by atoms with Gasteiger partial charge in [0.2, 0.25) is 0 Å². The minimum absolute atomic E-state index is 0.0194. The van der Waals surface area contributed by atoms with Crippen LogP contribution >= 0.6 is 0 Å². The zero-order valence-electron chi connectivity index (χ0n) is 21.2. The Labute approximate surface area is 222 Å². The maximum Gasteiger partial charge on any atom is 0.351 e. The van der Waals surface area contributed by atoms with Crippen molar-refractivity contribution in [3.8, 4) is 11.1 Å². The standard InChI is InChI=1S/C33H28N3O2/c1-24(37)30-11-3-4-12-31(30)26-14-16-27(17-15-26)33(38)36(22-25-8-6-18-34-20-25)23-29-10-7-19-35(29)21-28-9-2-5-13-32(28)36/h2-20H,21-23H2,1H3/q+1.